The number of anilines is 2. The van der Waals surface area contributed by atoms with E-state index in [9.17, 15) is 4.79 Å². The molecule has 0 saturated carbocycles. The smallest absolute Gasteiger partial charge is 0.224 e. The van der Waals surface area contributed by atoms with Gasteiger partial charge in [-0.1, -0.05) is 23.2 Å². The summed E-state index contributed by atoms with van der Waals surface area (Å²) in [6.45, 7) is 0.210. The number of nitrogens with one attached hydrogen (secondary N) is 1. The van der Waals surface area contributed by atoms with Crippen LogP contribution in [0.4, 0.5) is 11.4 Å². The quantitative estimate of drug-likeness (QED) is 0.502. The molecule has 112 valence electrons. The fourth-order valence-corrected chi connectivity index (χ4v) is 2.97. The molecule has 7 heteroatoms. The average Bonchev–Trinajstić information content (AvgIpc) is 2.38. The highest BCUT2D eigenvalue weighted by molar-refractivity contribution is 7.99. The Hall–Kier alpha value is -0.620. The molecule has 0 atom stereocenters. The number of carbonyl (C=O) groups is 1. The second-order valence-electron chi connectivity index (χ2n) is 4.19. The van der Waals surface area contributed by atoms with Gasteiger partial charge in [0.15, 0.2) is 0 Å². The molecule has 4 nitrogen and oxygen atoms in total. The molecule has 0 aliphatic rings. The van der Waals surface area contributed by atoms with Crippen LogP contribution in [-0.4, -0.2) is 29.1 Å². The molecule has 0 bridgehead atoms. The molecule has 0 unspecified atom stereocenters. The van der Waals surface area contributed by atoms with E-state index in [1.165, 1.54) is 0 Å². The van der Waals surface area contributed by atoms with E-state index >= 15 is 0 Å². The van der Waals surface area contributed by atoms with E-state index < -0.39 is 0 Å². The van der Waals surface area contributed by atoms with Gasteiger partial charge in [-0.05, 0) is 36.5 Å². The normalized spacial score (nSPS) is 10.6. The average molecular weight is 337 g/mol. The summed E-state index contributed by atoms with van der Waals surface area (Å²) in [6, 6.07) is 3.09. The molecule has 1 aromatic carbocycles. The van der Waals surface area contributed by atoms with Crippen LogP contribution in [0, 0.1) is 0 Å². The Morgan fingerprint density at radius 1 is 1.30 bits per heavy atom. The van der Waals surface area contributed by atoms with E-state index in [4.69, 9.17) is 34.0 Å². The molecule has 0 aromatic heterocycles. The van der Waals surface area contributed by atoms with Crippen molar-refractivity contribution in [2.45, 2.75) is 19.3 Å². The first-order valence-electron chi connectivity index (χ1n) is 6.27. The van der Waals surface area contributed by atoms with Crippen molar-refractivity contribution < 1.29 is 9.90 Å². The maximum atomic E-state index is 11.8. The highest BCUT2D eigenvalue weighted by Gasteiger charge is 2.10. The summed E-state index contributed by atoms with van der Waals surface area (Å²) in [5, 5.41) is 12.1. The van der Waals surface area contributed by atoms with Crippen molar-refractivity contribution in [3.63, 3.8) is 0 Å². The van der Waals surface area contributed by atoms with Crippen molar-refractivity contribution in [3.05, 3.63) is 22.2 Å². The van der Waals surface area contributed by atoms with Crippen LogP contribution in [0.25, 0.3) is 0 Å². The molecular formula is C13H18Cl2N2O2S. The third-order valence-electron chi connectivity index (χ3n) is 2.49. The first kappa shape index (κ1) is 17.4. The highest BCUT2D eigenvalue weighted by Crippen LogP contribution is 2.32. The molecule has 0 radical (unpaired) electrons. The molecule has 1 rings (SSSR count). The van der Waals surface area contributed by atoms with Gasteiger partial charge in [0.25, 0.3) is 0 Å². The zero-order valence-electron chi connectivity index (χ0n) is 11.0. The van der Waals surface area contributed by atoms with Gasteiger partial charge in [0, 0.05) is 18.1 Å². The van der Waals surface area contributed by atoms with Crippen molar-refractivity contribution in [3.8, 4) is 0 Å². The standard InChI is InChI=1S/C13H18Cl2N2O2S/c14-9-7-10(15)13(11(16)8-9)17-12(19)3-1-5-20-6-2-4-18/h7-8,18H,1-6,16H2,(H,17,19). The summed E-state index contributed by atoms with van der Waals surface area (Å²) in [7, 11) is 0. The van der Waals surface area contributed by atoms with Crippen molar-refractivity contribution in [1.29, 1.82) is 0 Å². The van der Waals surface area contributed by atoms with Crippen LogP contribution < -0.4 is 11.1 Å². The lowest BCUT2D eigenvalue weighted by atomic mass is 10.2. The molecule has 0 aliphatic heterocycles. The van der Waals surface area contributed by atoms with Crippen molar-refractivity contribution >= 4 is 52.2 Å². The lowest BCUT2D eigenvalue weighted by molar-refractivity contribution is -0.116. The van der Waals surface area contributed by atoms with Crippen LogP contribution in [0.3, 0.4) is 0 Å². The Balaban J connectivity index is 2.36. The number of halogens is 2. The van der Waals surface area contributed by atoms with Gasteiger partial charge in [0.1, 0.15) is 0 Å². The van der Waals surface area contributed by atoms with Gasteiger partial charge in [-0.3, -0.25) is 4.79 Å². The van der Waals surface area contributed by atoms with Gasteiger partial charge >= 0.3 is 0 Å². The van der Waals surface area contributed by atoms with Crippen LogP contribution in [0.1, 0.15) is 19.3 Å². The number of hydrogen-bond acceptors (Lipinski definition) is 4. The minimum absolute atomic E-state index is 0.122. The van der Waals surface area contributed by atoms with Gasteiger partial charge in [-0.2, -0.15) is 11.8 Å². The molecule has 0 spiro atoms. The third-order valence-corrected chi connectivity index (χ3v) is 4.16. The van der Waals surface area contributed by atoms with Crippen LogP contribution >= 0.6 is 35.0 Å². The Bertz CT molecular complexity index is 435. The van der Waals surface area contributed by atoms with Crippen LogP contribution in [0.2, 0.25) is 10.0 Å². The third kappa shape index (κ3) is 6.22. The second kappa shape index (κ2) is 9.34. The number of amides is 1. The Morgan fingerprint density at radius 3 is 2.65 bits per heavy atom. The summed E-state index contributed by atoms with van der Waals surface area (Å²) in [5.74, 6) is 1.68. The maximum absolute atomic E-state index is 11.8. The maximum Gasteiger partial charge on any atom is 0.224 e. The zero-order valence-corrected chi connectivity index (χ0v) is 13.3. The van der Waals surface area contributed by atoms with Gasteiger partial charge in [-0.25, -0.2) is 0 Å². The lowest BCUT2D eigenvalue weighted by Gasteiger charge is -2.10. The van der Waals surface area contributed by atoms with E-state index in [-0.39, 0.29) is 12.5 Å². The molecule has 0 fully saturated rings. The van der Waals surface area contributed by atoms with E-state index in [0.29, 0.717) is 27.8 Å². The molecule has 0 aliphatic carbocycles. The summed E-state index contributed by atoms with van der Waals surface area (Å²) < 4.78 is 0. The number of carbonyl (C=O) groups excluding carboxylic acids is 1. The molecule has 4 N–H and O–H groups in total. The minimum Gasteiger partial charge on any atom is -0.397 e. The summed E-state index contributed by atoms with van der Waals surface area (Å²) in [5.41, 5.74) is 6.53. The number of rotatable bonds is 8. The van der Waals surface area contributed by atoms with Gasteiger partial charge in [0.2, 0.25) is 5.91 Å². The molecular weight excluding hydrogens is 319 g/mol. The topological polar surface area (TPSA) is 75.3 Å². The summed E-state index contributed by atoms with van der Waals surface area (Å²) in [6.07, 6.45) is 1.96. The minimum atomic E-state index is -0.122. The summed E-state index contributed by atoms with van der Waals surface area (Å²) in [4.78, 5) is 11.8. The van der Waals surface area contributed by atoms with Crippen LogP contribution in [-0.2, 0) is 4.79 Å². The monoisotopic (exact) mass is 336 g/mol. The molecule has 1 aromatic rings. The van der Waals surface area contributed by atoms with Crippen LogP contribution in [0.5, 0.6) is 0 Å². The fraction of sp³-hybridized carbons (Fsp3) is 0.462. The van der Waals surface area contributed by atoms with E-state index in [1.807, 2.05) is 0 Å². The predicted octanol–water partition coefficient (Wildman–Crippen LogP) is 3.41. The van der Waals surface area contributed by atoms with Gasteiger partial charge < -0.3 is 16.2 Å². The van der Waals surface area contributed by atoms with E-state index in [0.717, 1.165) is 24.3 Å². The zero-order chi connectivity index (χ0) is 15.0. The number of aliphatic hydroxyl groups is 1. The Morgan fingerprint density at radius 2 is 2.00 bits per heavy atom. The number of hydrogen-bond donors (Lipinski definition) is 3. The van der Waals surface area contributed by atoms with Crippen molar-refractivity contribution in [2.75, 3.05) is 29.2 Å². The van der Waals surface area contributed by atoms with Crippen LogP contribution in [0.15, 0.2) is 12.1 Å². The summed E-state index contributed by atoms with van der Waals surface area (Å²) >= 11 is 13.5. The molecule has 1 amide bonds. The Kier molecular flexibility index (Phi) is 8.14. The predicted molar refractivity (Wildman–Crippen MR) is 87.8 cm³/mol. The van der Waals surface area contributed by atoms with E-state index in [2.05, 4.69) is 5.32 Å². The molecule has 20 heavy (non-hydrogen) atoms. The van der Waals surface area contributed by atoms with Crippen molar-refractivity contribution in [1.82, 2.24) is 0 Å². The first-order valence-corrected chi connectivity index (χ1v) is 8.18. The largest absolute Gasteiger partial charge is 0.397 e. The number of nitrogens with two attached hydrogens (primary N) is 1. The van der Waals surface area contributed by atoms with E-state index in [1.54, 1.807) is 23.9 Å². The molecule has 0 saturated heterocycles. The molecule has 0 heterocycles. The fourth-order valence-electron chi connectivity index (χ4n) is 1.53. The highest BCUT2D eigenvalue weighted by atomic mass is 35.5. The van der Waals surface area contributed by atoms with Gasteiger partial charge in [-0.15, -0.1) is 0 Å². The number of nitrogen functional groups attached to an aromatic ring is 1. The number of benzene rings is 1. The first-order chi connectivity index (χ1) is 9.54. The van der Waals surface area contributed by atoms with Crippen molar-refractivity contribution in [2.24, 2.45) is 0 Å². The number of thioether (sulfide) groups is 1. The Labute approximate surface area is 133 Å². The van der Waals surface area contributed by atoms with Gasteiger partial charge in [0.05, 0.1) is 16.4 Å². The second-order valence-corrected chi connectivity index (χ2v) is 6.26. The number of aliphatic hydroxyl groups excluding tert-OH is 1. The SMILES string of the molecule is Nc1cc(Cl)cc(Cl)c1NC(=O)CCCSCCCO. The lowest BCUT2D eigenvalue weighted by Crippen LogP contribution is -2.13.